The van der Waals surface area contributed by atoms with E-state index in [9.17, 15) is 9.59 Å². The molecule has 3 aromatic rings. The fourth-order valence-electron chi connectivity index (χ4n) is 3.03. The van der Waals surface area contributed by atoms with Crippen molar-refractivity contribution in [1.82, 2.24) is 14.5 Å². The lowest BCUT2D eigenvalue weighted by Gasteiger charge is -2.26. The molecule has 0 aliphatic rings. The van der Waals surface area contributed by atoms with Gasteiger partial charge in [0.25, 0.3) is 5.56 Å². The van der Waals surface area contributed by atoms with Crippen molar-refractivity contribution in [2.75, 3.05) is 12.9 Å². The molecule has 2 aromatic carbocycles. The van der Waals surface area contributed by atoms with Crippen LogP contribution in [0.3, 0.4) is 0 Å². The minimum Gasteiger partial charge on any atom is -0.335 e. The Morgan fingerprint density at radius 1 is 1.19 bits per heavy atom. The number of aromatic nitrogens is 2. The van der Waals surface area contributed by atoms with E-state index in [1.54, 1.807) is 23.7 Å². The topological polar surface area (TPSA) is 55.2 Å². The lowest BCUT2D eigenvalue weighted by Crippen LogP contribution is -2.35. The molecule has 27 heavy (non-hydrogen) atoms. The van der Waals surface area contributed by atoms with Crippen LogP contribution in [0.5, 0.6) is 0 Å². The number of benzene rings is 2. The highest BCUT2D eigenvalue weighted by Crippen LogP contribution is 2.23. The maximum atomic E-state index is 13.3. The van der Waals surface area contributed by atoms with Gasteiger partial charge < -0.3 is 4.90 Å². The SMILES string of the molecule is Cc1ccc(-n2c([C@H](C)N(C)C(=O)CCl)nc3ccccc3c2=O)cc1C. The molecule has 6 heteroatoms. The van der Waals surface area contributed by atoms with Crippen molar-refractivity contribution >= 4 is 28.4 Å². The molecule has 0 spiro atoms. The van der Waals surface area contributed by atoms with Gasteiger partial charge in [-0.1, -0.05) is 18.2 Å². The van der Waals surface area contributed by atoms with Crippen LogP contribution >= 0.6 is 11.6 Å². The predicted octanol–water partition coefficient (Wildman–Crippen LogP) is 3.76. The number of aryl methyl sites for hydroxylation is 2. The van der Waals surface area contributed by atoms with Gasteiger partial charge in [0.1, 0.15) is 11.7 Å². The molecule has 140 valence electrons. The Labute approximate surface area is 163 Å². The van der Waals surface area contributed by atoms with E-state index >= 15 is 0 Å². The first kappa shape index (κ1) is 19.1. The van der Waals surface area contributed by atoms with Crippen LogP contribution in [-0.2, 0) is 4.79 Å². The van der Waals surface area contributed by atoms with Crippen LogP contribution in [0.4, 0.5) is 0 Å². The number of rotatable bonds is 4. The highest BCUT2D eigenvalue weighted by Gasteiger charge is 2.23. The molecule has 0 radical (unpaired) electrons. The number of alkyl halides is 1. The van der Waals surface area contributed by atoms with Crippen molar-refractivity contribution in [3.8, 4) is 5.69 Å². The van der Waals surface area contributed by atoms with Gasteiger partial charge in [0.15, 0.2) is 0 Å². The smallest absolute Gasteiger partial charge is 0.266 e. The fraction of sp³-hybridized carbons (Fsp3) is 0.286. The summed E-state index contributed by atoms with van der Waals surface area (Å²) in [7, 11) is 1.67. The van der Waals surface area contributed by atoms with Crippen LogP contribution in [0.2, 0.25) is 0 Å². The molecule has 0 N–H and O–H groups in total. The molecule has 0 fully saturated rings. The molecule has 0 aliphatic carbocycles. The lowest BCUT2D eigenvalue weighted by molar-refractivity contribution is -0.129. The fourth-order valence-corrected chi connectivity index (χ4v) is 3.22. The molecule has 1 heterocycles. The molecule has 1 amide bonds. The zero-order valence-corrected chi connectivity index (χ0v) is 16.6. The van der Waals surface area contributed by atoms with Crippen LogP contribution in [0.25, 0.3) is 16.6 Å². The van der Waals surface area contributed by atoms with Gasteiger partial charge >= 0.3 is 0 Å². The van der Waals surface area contributed by atoms with E-state index < -0.39 is 6.04 Å². The van der Waals surface area contributed by atoms with Crippen LogP contribution < -0.4 is 5.56 Å². The summed E-state index contributed by atoms with van der Waals surface area (Å²) in [6, 6.07) is 12.7. The molecule has 0 saturated heterocycles. The molecule has 3 rings (SSSR count). The first-order valence-corrected chi connectivity index (χ1v) is 9.29. The normalized spacial score (nSPS) is 12.2. The number of carbonyl (C=O) groups is 1. The molecule has 1 atom stereocenters. The van der Waals surface area contributed by atoms with Crippen LogP contribution in [0, 0.1) is 13.8 Å². The summed E-state index contributed by atoms with van der Waals surface area (Å²) < 4.78 is 1.59. The van der Waals surface area contributed by atoms with E-state index in [1.165, 1.54) is 4.90 Å². The Balaban J connectivity index is 2.32. The minimum absolute atomic E-state index is 0.123. The van der Waals surface area contributed by atoms with Crippen molar-refractivity contribution in [2.45, 2.75) is 26.8 Å². The Morgan fingerprint density at radius 2 is 1.89 bits per heavy atom. The third kappa shape index (κ3) is 3.47. The van der Waals surface area contributed by atoms with Gasteiger partial charge in [-0.15, -0.1) is 11.6 Å². The zero-order valence-electron chi connectivity index (χ0n) is 15.9. The summed E-state index contributed by atoms with van der Waals surface area (Å²) >= 11 is 5.72. The van der Waals surface area contributed by atoms with E-state index in [-0.39, 0.29) is 17.3 Å². The molecule has 0 unspecified atom stereocenters. The molecule has 0 bridgehead atoms. The van der Waals surface area contributed by atoms with Crippen molar-refractivity contribution < 1.29 is 4.79 Å². The lowest BCUT2D eigenvalue weighted by atomic mass is 10.1. The summed E-state index contributed by atoms with van der Waals surface area (Å²) in [5.74, 6) is 0.156. The van der Waals surface area contributed by atoms with E-state index in [0.717, 1.165) is 16.8 Å². The quantitative estimate of drug-likeness (QED) is 0.644. The first-order chi connectivity index (χ1) is 12.8. The highest BCUT2D eigenvalue weighted by molar-refractivity contribution is 6.27. The minimum atomic E-state index is -0.421. The Morgan fingerprint density at radius 3 is 2.56 bits per heavy atom. The molecule has 1 aromatic heterocycles. The van der Waals surface area contributed by atoms with Gasteiger partial charge in [-0.25, -0.2) is 4.98 Å². The first-order valence-electron chi connectivity index (χ1n) is 8.76. The summed E-state index contributed by atoms with van der Waals surface area (Å²) in [5, 5.41) is 0.540. The van der Waals surface area contributed by atoms with Gasteiger partial charge in [0, 0.05) is 7.05 Å². The van der Waals surface area contributed by atoms with E-state index in [1.807, 2.05) is 51.1 Å². The van der Waals surface area contributed by atoms with Crippen molar-refractivity contribution in [3.63, 3.8) is 0 Å². The van der Waals surface area contributed by atoms with E-state index in [4.69, 9.17) is 16.6 Å². The van der Waals surface area contributed by atoms with E-state index in [2.05, 4.69) is 0 Å². The highest BCUT2D eigenvalue weighted by atomic mass is 35.5. The van der Waals surface area contributed by atoms with Crippen molar-refractivity contribution in [1.29, 1.82) is 0 Å². The molecule has 0 saturated carbocycles. The Kier molecular flexibility index (Phi) is 5.33. The second-order valence-corrected chi connectivity index (χ2v) is 6.98. The van der Waals surface area contributed by atoms with Crippen molar-refractivity contribution in [2.24, 2.45) is 0 Å². The van der Waals surface area contributed by atoms with Crippen LogP contribution in [0.15, 0.2) is 47.3 Å². The molecule has 0 aliphatic heterocycles. The average molecular weight is 384 g/mol. The Hall–Kier alpha value is -2.66. The number of halogens is 1. The summed E-state index contributed by atoms with van der Waals surface area (Å²) in [6.45, 7) is 5.88. The molecule has 5 nitrogen and oxygen atoms in total. The molecular weight excluding hydrogens is 362 g/mol. The predicted molar refractivity (Wildman–Crippen MR) is 109 cm³/mol. The van der Waals surface area contributed by atoms with Gasteiger partial charge in [0.05, 0.1) is 22.6 Å². The second-order valence-electron chi connectivity index (χ2n) is 6.71. The number of para-hydroxylation sites is 1. The maximum absolute atomic E-state index is 13.3. The summed E-state index contributed by atoms with van der Waals surface area (Å²) in [4.78, 5) is 31.6. The Bertz CT molecular complexity index is 1070. The number of carbonyl (C=O) groups excluding carboxylic acids is 1. The number of hydrogen-bond donors (Lipinski definition) is 0. The van der Waals surface area contributed by atoms with Crippen LogP contribution in [-0.4, -0.2) is 33.3 Å². The third-order valence-corrected chi connectivity index (χ3v) is 5.24. The largest absolute Gasteiger partial charge is 0.335 e. The van der Waals surface area contributed by atoms with Gasteiger partial charge in [-0.2, -0.15) is 0 Å². The third-order valence-electron chi connectivity index (χ3n) is 5.01. The van der Waals surface area contributed by atoms with Crippen molar-refractivity contribution in [3.05, 3.63) is 69.8 Å². The standard InChI is InChI=1S/C21H22ClN3O2/c1-13-9-10-16(11-14(13)2)25-20(15(3)24(4)19(26)12-22)23-18-8-6-5-7-17(18)21(25)27/h5-11,15H,12H2,1-4H3/t15-/m0/s1. The maximum Gasteiger partial charge on any atom is 0.266 e. The van der Waals surface area contributed by atoms with E-state index in [0.29, 0.717) is 16.7 Å². The molecular formula is C21H22ClN3O2. The monoisotopic (exact) mass is 383 g/mol. The second kappa shape index (κ2) is 7.53. The van der Waals surface area contributed by atoms with Gasteiger partial charge in [-0.05, 0) is 56.2 Å². The van der Waals surface area contributed by atoms with Gasteiger partial charge in [-0.3, -0.25) is 14.2 Å². The van der Waals surface area contributed by atoms with Gasteiger partial charge in [0.2, 0.25) is 5.91 Å². The summed E-state index contributed by atoms with van der Waals surface area (Å²) in [5.41, 5.74) is 3.41. The number of hydrogen-bond acceptors (Lipinski definition) is 3. The summed E-state index contributed by atoms with van der Waals surface area (Å²) in [6.07, 6.45) is 0. The number of fused-ring (bicyclic) bond motifs is 1. The van der Waals surface area contributed by atoms with Crippen LogP contribution in [0.1, 0.15) is 29.9 Å². The number of amides is 1. The zero-order chi connectivity index (χ0) is 19.7. The number of nitrogens with zero attached hydrogens (tertiary/aromatic N) is 3. The average Bonchev–Trinajstić information content (AvgIpc) is 2.68.